The van der Waals surface area contributed by atoms with Gasteiger partial charge in [-0.1, -0.05) is 20.8 Å². The van der Waals surface area contributed by atoms with Crippen molar-refractivity contribution in [3.8, 4) is 0 Å². The van der Waals surface area contributed by atoms with Crippen molar-refractivity contribution in [3.63, 3.8) is 0 Å². The highest BCUT2D eigenvalue weighted by molar-refractivity contribution is 5.58. The van der Waals surface area contributed by atoms with Gasteiger partial charge in [0.2, 0.25) is 0 Å². The molecular weight excluding hydrogens is 226 g/mol. The van der Waals surface area contributed by atoms with Crippen LogP contribution in [0.3, 0.4) is 0 Å². The average Bonchev–Trinajstić information content (AvgIpc) is 2.34. The van der Waals surface area contributed by atoms with Crippen LogP contribution in [0, 0.1) is 5.92 Å². The zero-order valence-corrected chi connectivity index (χ0v) is 12.1. The summed E-state index contributed by atoms with van der Waals surface area (Å²) < 4.78 is 0. The summed E-state index contributed by atoms with van der Waals surface area (Å²) >= 11 is 0. The SMILES string of the molecule is CCc1c(NN)ncnc1N(CC(C)C)C(C)C. The molecule has 0 fully saturated rings. The Hall–Kier alpha value is -1.36. The number of hydrogen-bond acceptors (Lipinski definition) is 5. The third kappa shape index (κ3) is 3.32. The fraction of sp³-hybridized carbons (Fsp3) is 0.692. The predicted molar refractivity (Wildman–Crippen MR) is 76.5 cm³/mol. The first kappa shape index (κ1) is 14.7. The minimum atomic E-state index is 0.401. The van der Waals surface area contributed by atoms with E-state index in [1.54, 1.807) is 6.33 Å². The van der Waals surface area contributed by atoms with Crippen molar-refractivity contribution < 1.29 is 0 Å². The molecule has 0 amide bonds. The van der Waals surface area contributed by atoms with Gasteiger partial charge >= 0.3 is 0 Å². The summed E-state index contributed by atoms with van der Waals surface area (Å²) in [5.41, 5.74) is 3.73. The van der Waals surface area contributed by atoms with Crippen molar-refractivity contribution in [1.82, 2.24) is 9.97 Å². The lowest BCUT2D eigenvalue weighted by molar-refractivity contribution is 0.564. The molecule has 0 saturated heterocycles. The van der Waals surface area contributed by atoms with Crippen LogP contribution >= 0.6 is 0 Å². The Morgan fingerprint density at radius 1 is 1.28 bits per heavy atom. The van der Waals surface area contributed by atoms with Gasteiger partial charge in [0.15, 0.2) is 0 Å². The number of hydrogen-bond donors (Lipinski definition) is 2. The van der Waals surface area contributed by atoms with Crippen LogP contribution in [-0.4, -0.2) is 22.6 Å². The molecule has 0 aliphatic carbocycles. The highest BCUT2D eigenvalue weighted by Gasteiger charge is 2.19. The maximum atomic E-state index is 5.51. The lowest BCUT2D eigenvalue weighted by Crippen LogP contribution is -2.36. The standard InChI is InChI=1S/C13H25N5/c1-6-11-12(17-14)15-8-16-13(11)18(10(4)5)7-9(2)3/h8-10H,6-7,14H2,1-5H3,(H,15,16,17). The van der Waals surface area contributed by atoms with Gasteiger partial charge in [0, 0.05) is 18.2 Å². The Bertz CT molecular complexity index is 376. The van der Waals surface area contributed by atoms with E-state index in [0.29, 0.717) is 12.0 Å². The van der Waals surface area contributed by atoms with Gasteiger partial charge < -0.3 is 10.3 Å². The van der Waals surface area contributed by atoms with Gasteiger partial charge in [0.1, 0.15) is 18.0 Å². The summed E-state index contributed by atoms with van der Waals surface area (Å²) in [5.74, 6) is 7.81. The number of hydrazine groups is 1. The smallest absolute Gasteiger partial charge is 0.148 e. The molecule has 1 aromatic rings. The molecule has 0 atom stereocenters. The average molecular weight is 251 g/mol. The molecule has 1 rings (SSSR count). The van der Waals surface area contributed by atoms with Gasteiger partial charge in [-0.15, -0.1) is 0 Å². The number of rotatable bonds is 6. The van der Waals surface area contributed by atoms with Crippen molar-refractivity contribution >= 4 is 11.6 Å². The lowest BCUT2D eigenvalue weighted by Gasteiger charge is -2.31. The topological polar surface area (TPSA) is 67.1 Å². The van der Waals surface area contributed by atoms with Crippen molar-refractivity contribution in [2.45, 2.75) is 47.1 Å². The molecule has 1 heterocycles. The van der Waals surface area contributed by atoms with Crippen LogP contribution in [0.5, 0.6) is 0 Å². The first-order chi connectivity index (χ1) is 8.51. The minimum Gasteiger partial charge on any atom is -0.354 e. The highest BCUT2D eigenvalue weighted by Crippen LogP contribution is 2.25. The van der Waals surface area contributed by atoms with E-state index in [0.717, 1.165) is 30.2 Å². The van der Waals surface area contributed by atoms with Gasteiger partial charge in [-0.05, 0) is 26.2 Å². The summed E-state index contributed by atoms with van der Waals surface area (Å²) in [5, 5.41) is 0. The summed E-state index contributed by atoms with van der Waals surface area (Å²) in [6.45, 7) is 11.9. The van der Waals surface area contributed by atoms with Crippen LogP contribution in [-0.2, 0) is 6.42 Å². The fourth-order valence-electron chi connectivity index (χ4n) is 2.04. The predicted octanol–water partition coefficient (Wildman–Crippen LogP) is 2.20. The molecule has 0 spiro atoms. The number of aromatic nitrogens is 2. The third-order valence-electron chi connectivity index (χ3n) is 2.87. The Kier molecular flexibility index (Phi) is 5.34. The van der Waals surface area contributed by atoms with Crippen LogP contribution in [0.4, 0.5) is 11.6 Å². The molecule has 3 N–H and O–H groups in total. The summed E-state index contributed by atoms with van der Waals surface area (Å²) in [4.78, 5) is 10.9. The molecule has 0 aromatic carbocycles. The Labute approximate surface area is 110 Å². The zero-order chi connectivity index (χ0) is 13.7. The largest absolute Gasteiger partial charge is 0.354 e. The maximum Gasteiger partial charge on any atom is 0.148 e. The van der Waals surface area contributed by atoms with Gasteiger partial charge in [-0.2, -0.15) is 0 Å². The van der Waals surface area contributed by atoms with Gasteiger partial charge in [0.25, 0.3) is 0 Å². The van der Waals surface area contributed by atoms with E-state index in [-0.39, 0.29) is 0 Å². The lowest BCUT2D eigenvalue weighted by atomic mass is 10.1. The molecule has 1 aromatic heterocycles. The van der Waals surface area contributed by atoms with Crippen LogP contribution in [0.15, 0.2) is 6.33 Å². The van der Waals surface area contributed by atoms with E-state index in [4.69, 9.17) is 5.84 Å². The first-order valence-electron chi connectivity index (χ1n) is 6.58. The zero-order valence-electron chi connectivity index (χ0n) is 12.1. The molecule has 5 nitrogen and oxygen atoms in total. The van der Waals surface area contributed by atoms with Crippen molar-refractivity contribution in [2.75, 3.05) is 16.9 Å². The van der Waals surface area contributed by atoms with Crippen molar-refractivity contribution in [2.24, 2.45) is 11.8 Å². The number of nitrogens with one attached hydrogen (secondary N) is 1. The highest BCUT2D eigenvalue weighted by atomic mass is 15.3. The van der Waals surface area contributed by atoms with Crippen molar-refractivity contribution in [3.05, 3.63) is 11.9 Å². The minimum absolute atomic E-state index is 0.401. The second-order valence-corrected chi connectivity index (χ2v) is 5.16. The number of nitrogens with two attached hydrogens (primary N) is 1. The maximum absolute atomic E-state index is 5.51. The monoisotopic (exact) mass is 251 g/mol. The number of anilines is 2. The summed E-state index contributed by atoms with van der Waals surface area (Å²) in [6.07, 6.45) is 2.43. The molecular formula is C13H25N5. The normalized spacial score (nSPS) is 11.1. The van der Waals surface area contributed by atoms with E-state index >= 15 is 0 Å². The van der Waals surface area contributed by atoms with Crippen LogP contribution in [0.2, 0.25) is 0 Å². The van der Waals surface area contributed by atoms with Crippen LogP contribution in [0.25, 0.3) is 0 Å². The molecule has 0 unspecified atom stereocenters. The van der Waals surface area contributed by atoms with Gasteiger partial charge in [-0.3, -0.25) is 0 Å². The Morgan fingerprint density at radius 3 is 2.39 bits per heavy atom. The third-order valence-corrected chi connectivity index (χ3v) is 2.87. The van der Waals surface area contributed by atoms with E-state index in [1.807, 2.05) is 0 Å². The second-order valence-electron chi connectivity index (χ2n) is 5.16. The van der Waals surface area contributed by atoms with E-state index in [2.05, 4.69) is 54.9 Å². The fourth-order valence-corrected chi connectivity index (χ4v) is 2.04. The quantitative estimate of drug-likeness (QED) is 0.599. The molecule has 5 heteroatoms. The molecule has 0 bridgehead atoms. The van der Waals surface area contributed by atoms with Gasteiger partial charge in [0.05, 0.1) is 0 Å². The van der Waals surface area contributed by atoms with Crippen molar-refractivity contribution in [1.29, 1.82) is 0 Å². The second kappa shape index (κ2) is 6.54. The molecule has 0 radical (unpaired) electrons. The van der Waals surface area contributed by atoms with Crippen LogP contribution < -0.4 is 16.2 Å². The molecule has 0 aliphatic heterocycles. The first-order valence-corrected chi connectivity index (χ1v) is 6.58. The Balaban J connectivity index is 3.18. The van der Waals surface area contributed by atoms with E-state index in [9.17, 15) is 0 Å². The number of nitrogen functional groups attached to an aromatic ring is 1. The molecule has 0 saturated carbocycles. The van der Waals surface area contributed by atoms with E-state index in [1.165, 1.54) is 0 Å². The van der Waals surface area contributed by atoms with Gasteiger partial charge in [-0.25, -0.2) is 15.8 Å². The summed E-state index contributed by atoms with van der Waals surface area (Å²) in [6, 6.07) is 0.401. The molecule has 102 valence electrons. The van der Waals surface area contributed by atoms with Crippen LogP contribution in [0.1, 0.15) is 40.2 Å². The van der Waals surface area contributed by atoms with E-state index < -0.39 is 0 Å². The number of nitrogens with zero attached hydrogens (tertiary/aromatic N) is 3. The molecule has 0 aliphatic rings. The summed E-state index contributed by atoms with van der Waals surface area (Å²) in [7, 11) is 0. The Morgan fingerprint density at radius 2 is 1.94 bits per heavy atom. The molecule has 18 heavy (non-hydrogen) atoms.